The van der Waals surface area contributed by atoms with E-state index in [1.807, 2.05) is 30.4 Å². The number of methoxy groups -OCH3 is 1. The van der Waals surface area contributed by atoms with Gasteiger partial charge in [-0.25, -0.2) is 0 Å². The van der Waals surface area contributed by atoms with E-state index in [9.17, 15) is 14.7 Å². The summed E-state index contributed by atoms with van der Waals surface area (Å²) in [7, 11) is 1.61. The third kappa shape index (κ3) is 1.66. The molecule has 1 aromatic rings. The van der Waals surface area contributed by atoms with Crippen molar-refractivity contribution >= 4 is 17.6 Å². The molecule has 0 aromatic heterocycles. The number of carboxylic acids is 1. The highest BCUT2D eigenvalue weighted by molar-refractivity contribution is 6.04. The summed E-state index contributed by atoms with van der Waals surface area (Å²) in [5, 5.41) is 9.76. The molecule has 5 heterocycles. The molecule has 1 N–H and O–H groups in total. The van der Waals surface area contributed by atoms with E-state index < -0.39 is 29.5 Å². The second-order valence-electron chi connectivity index (χ2n) is 7.96. The van der Waals surface area contributed by atoms with E-state index in [0.717, 1.165) is 17.7 Å². The molecule has 0 radical (unpaired) electrons. The average Bonchev–Trinajstić information content (AvgIpc) is 3.41. The largest absolute Gasteiger partial charge is 0.497 e. The first-order valence-corrected chi connectivity index (χ1v) is 9.29. The summed E-state index contributed by atoms with van der Waals surface area (Å²) in [4.78, 5) is 27.2. The van der Waals surface area contributed by atoms with Crippen molar-refractivity contribution in [2.24, 2.45) is 17.8 Å². The van der Waals surface area contributed by atoms with Crippen LogP contribution in [0.25, 0.3) is 0 Å². The number of hydrogen-bond acceptors (Lipinski definition) is 5. The number of anilines is 1. The van der Waals surface area contributed by atoms with E-state index in [1.54, 1.807) is 12.0 Å². The van der Waals surface area contributed by atoms with Crippen molar-refractivity contribution in [1.82, 2.24) is 0 Å². The van der Waals surface area contributed by atoms with Gasteiger partial charge in [-0.2, -0.15) is 0 Å². The maximum Gasteiger partial charge on any atom is 0.310 e. The topological polar surface area (TPSA) is 85.3 Å². The second kappa shape index (κ2) is 4.91. The van der Waals surface area contributed by atoms with Crippen LogP contribution in [0.4, 0.5) is 5.69 Å². The van der Waals surface area contributed by atoms with E-state index in [4.69, 9.17) is 14.2 Å². The molecule has 0 saturated carbocycles. The van der Waals surface area contributed by atoms with Crippen molar-refractivity contribution in [2.45, 2.75) is 30.3 Å². The maximum absolute atomic E-state index is 13.5. The maximum atomic E-state index is 13.5. The Morgan fingerprint density at radius 1 is 1.41 bits per heavy atom. The number of ether oxygens (including phenoxy) is 3. The van der Waals surface area contributed by atoms with Crippen LogP contribution in [0.5, 0.6) is 5.75 Å². The quantitative estimate of drug-likeness (QED) is 0.796. The average molecular weight is 369 g/mol. The van der Waals surface area contributed by atoms with Crippen LogP contribution in [0.3, 0.4) is 0 Å². The first-order valence-electron chi connectivity index (χ1n) is 9.29. The zero-order valence-electron chi connectivity index (χ0n) is 14.7. The van der Waals surface area contributed by atoms with Gasteiger partial charge in [0.25, 0.3) is 0 Å². The lowest BCUT2D eigenvalue weighted by Gasteiger charge is -2.44. The van der Waals surface area contributed by atoms with E-state index >= 15 is 0 Å². The summed E-state index contributed by atoms with van der Waals surface area (Å²) in [6.45, 7) is 0.612. The monoisotopic (exact) mass is 369 g/mol. The van der Waals surface area contributed by atoms with Gasteiger partial charge >= 0.3 is 5.97 Å². The Hall–Kier alpha value is -2.38. The number of fused-ring (bicyclic) bond motifs is 7. The van der Waals surface area contributed by atoms with Crippen molar-refractivity contribution in [3.8, 4) is 5.75 Å². The van der Waals surface area contributed by atoms with E-state index in [0.29, 0.717) is 12.4 Å². The van der Waals surface area contributed by atoms with Gasteiger partial charge in [-0.1, -0.05) is 12.2 Å². The molecule has 7 heteroatoms. The van der Waals surface area contributed by atoms with Crippen LogP contribution in [-0.2, 0) is 19.1 Å². The fourth-order valence-corrected chi connectivity index (χ4v) is 6.02. The molecule has 1 aromatic carbocycles. The number of benzene rings is 1. The molecule has 2 bridgehead atoms. The van der Waals surface area contributed by atoms with Crippen molar-refractivity contribution < 1.29 is 28.9 Å². The molecule has 5 aliphatic rings. The molecule has 7 atom stereocenters. The summed E-state index contributed by atoms with van der Waals surface area (Å²) < 4.78 is 17.7. The first-order chi connectivity index (χ1) is 13.1. The third-order valence-electron chi connectivity index (χ3n) is 6.96. The number of aliphatic carboxylic acids is 1. The number of nitrogens with zero attached hydrogens (tertiary/aromatic N) is 1. The van der Waals surface area contributed by atoms with Crippen molar-refractivity contribution in [3.05, 3.63) is 35.9 Å². The Morgan fingerprint density at radius 2 is 2.26 bits per heavy atom. The van der Waals surface area contributed by atoms with Gasteiger partial charge in [-0.3, -0.25) is 9.59 Å². The van der Waals surface area contributed by atoms with E-state index in [2.05, 4.69) is 0 Å². The summed E-state index contributed by atoms with van der Waals surface area (Å²) in [5.41, 5.74) is 0.838. The Morgan fingerprint density at radius 3 is 3.04 bits per heavy atom. The van der Waals surface area contributed by atoms with Crippen LogP contribution in [0.1, 0.15) is 18.1 Å². The van der Waals surface area contributed by atoms with Crippen molar-refractivity contribution in [3.63, 3.8) is 0 Å². The zero-order chi connectivity index (χ0) is 18.5. The summed E-state index contributed by atoms with van der Waals surface area (Å²) in [6.07, 6.45) is 3.90. The molecule has 0 aliphatic carbocycles. The van der Waals surface area contributed by atoms with Crippen LogP contribution in [0.15, 0.2) is 30.4 Å². The number of carbonyl (C=O) groups is 2. The molecular formula is C20H19NO6. The van der Waals surface area contributed by atoms with E-state index in [-0.39, 0.29) is 24.0 Å². The normalized spacial score (nSPS) is 42.7. The smallest absolute Gasteiger partial charge is 0.310 e. The predicted octanol–water partition coefficient (Wildman–Crippen LogP) is 1.53. The second-order valence-corrected chi connectivity index (χ2v) is 7.96. The van der Waals surface area contributed by atoms with Gasteiger partial charge in [0.15, 0.2) is 0 Å². The van der Waals surface area contributed by atoms with Crippen LogP contribution in [0.2, 0.25) is 0 Å². The fourth-order valence-electron chi connectivity index (χ4n) is 6.02. The molecule has 5 aliphatic heterocycles. The van der Waals surface area contributed by atoms with E-state index in [1.165, 1.54) is 0 Å². The Bertz CT molecular complexity index is 912. The van der Waals surface area contributed by atoms with Gasteiger partial charge in [0.05, 0.1) is 37.0 Å². The summed E-state index contributed by atoms with van der Waals surface area (Å²) >= 11 is 0. The Balaban J connectivity index is 1.57. The minimum absolute atomic E-state index is 0.0644. The van der Waals surface area contributed by atoms with Gasteiger partial charge in [0.1, 0.15) is 17.3 Å². The van der Waals surface area contributed by atoms with Crippen LogP contribution in [0, 0.1) is 17.8 Å². The highest BCUT2D eigenvalue weighted by Gasteiger charge is 2.74. The van der Waals surface area contributed by atoms with Gasteiger partial charge in [-0.15, -0.1) is 0 Å². The van der Waals surface area contributed by atoms with Gasteiger partial charge in [-0.05, 0) is 24.6 Å². The molecule has 1 spiro atoms. The van der Waals surface area contributed by atoms with Crippen LogP contribution in [-0.4, -0.2) is 48.4 Å². The number of carboxylic acid groups (broad SMARTS) is 1. The standard InChI is InChI=1S/C20H19NO6/c1-25-9-2-3-12-11(8-9)16-10(5-7-26-16)17-20-6-4-13(27-20)14(19(23)24)15(20)18(22)21(12)17/h2-4,6,8,10,13-17H,5,7H2,1H3,(H,23,24)/t10-,13+,14+,15-,16+,17-,20-/m0/s1. The molecule has 3 saturated heterocycles. The van der Waals surface area contributed by atoms with Crippen LogP contribution < -0.4 is 9.64 Å². The number of amides is 1. The summed E-state index contributed by atoms with van der Waals surface area (Å²) in [6, 6.07) is 5.39. The minimum Gasteiger partial charge on any atom is -0.497 e. The van der Waals surface area contributed by atoms with Gasteiger partial charge in [0.2, 0.25) is 5.91 Å². The molecule has 6 rings (SSSR count). The highest BCUT2D eigenvalue weighted by Crippen LogP contribution is 2.62. The first kappa shape index (κ1) is 15.7. The fraction of sp³-hybridized carbons (Fsp3) is 0.500. The SMILES string of the molecule is COc1ccc2c(c1)[C@@H]1OCC[C@@H]1[C@@H]1N2C(=O)[C@@H]2[C@H](C(=O)O)[C@H]3C=C[C@]21O3. The zero-order valence-corrected chi connectivity index (χ0v) is 14.7. The van der Waals surface area contributed by atoms with Crippen molar-refractivity contribution in [2.75, 3.05) is 18.6 Å². The number of hydrogen-bond donors (Lipinski definition) is 1. The minimum atomic E-state index is -0.974. The summed E-state index contributed by atoms with van der Waals surface area (Å²) in [5.74, 6) is -1.88. The lowest BCUT2D eigenvalue weighted by molar-refractivity contribution is -0.146. The molecule has 3 fully saturated rings. The highest BCUT2D eigenvalue weighted by atomic mass is 16.5. The van der Waals surface area contributed by atoms with Crippen molar-refractivity contribution in [1.29, 1.82) is 0 Å². The molecule has 0 unspecified atom stereocenters. The lowest BCUT2D eigenvalue weighted by atomic mass is 9.70. The molecule has 140 valence electrons. The van der Waals surface area contributed by atoms with Crippen LogP contribution >= 0.6 is 0 Å². The number of carbonyl (C=O) groups excluding carboxylic acids is 1. The molecule has 1 amide bonds. The predicted molar refractivity (Wildman–Crippen MR) is 92.4 cm³/mol. The molecular weight excluding hydrogens is 350 g/mol. The third-order valence-corrected chi connectivity index (χ3v) is 6.96. The molecule has 7 nitrogen and oxygen atoms in total. The van der Waals surface area contributed by atoms with Gasteiger partial charge < -0.3 is 24.2 Å². The Kier molecular flexibility index (Phi) is 2.85. The number of rotatable bonds is 2. The Labute approximate surface area is 155 Å². The molecule has 27 heavy (non-hydrogen) atoms. The lowest BCUT2D eigenvalue weighted by Crippen LogP contribution is -2.53. The van der Waals surface area contributed by atoms with Gasteiger partial charge in [0, 0.05) is 18.1 Å².